The molecule has 0 radical (unpaired) electrons. The second-order valence-corrected chi connectivity index (χ2v) is 7.38. The number of carbonyl (C=O) groups excluding carboxylic acids is 1. The van der Waals surface area contributed by atoms with Crippen LogP contribution < -0.4 is 4.90 Å². The number of benzene rings is 2. The Morgan fingerprint density at radius 2 is 1.60 bits per heavy atom. The van der Waals surface area contributed by atoms with Gasteiger partial charge in [0.2, 0.25) is 5.91 Å². The molecule has 0 unspecified atom stereocenters. The largest absolute Gasteiger partial charge is 0.371 e. The molecule has 25 heavy (non-hydrogen) atoms. The number of hydrogen-bond acceptors (Lipinski definition) is 2. The van der Waals surface area contributed by atoms with Gasteiger partial charge in [-0.05, 0) is 49.4 Å². The van der Waals surface area contributed by atoms with Gasteiger partial charge in [-0.3, -0.25) is 4.79 Å². The molecule has 3 heteroatoms. The van der Waals surface area contributed by atoms with Crippen molar-refractivity contribution in [1.29, 1.82) is 0 Å². The number of hydrogen-bond donors (Lipinski definition) is 0. The molecule has 2 aromatic rings. The average Bonchev–Trinajstić information content (AvgIpc) is 2.68. The third kappa shape index (κ3) is 3.41. The first-order valence-corrected chi connectivity index (χ1v) is 9.38. The molecule has 1 amide bonds. The van der Waals surface area contributed by atoms with Gasteiger partial charge in [0.25, 0.3) is 0 Å². The topological polar surface area (TPSA) is 23.6 Å². The Morgan fingerprint density at radius 1 is 0.920 bits per heavy atom. The third-order valence-electron chi connectivity index (χ3n) is 5.69. The lowest BCUT2D eigenvalue weighted by Gasteiger charge is -2.37. The van der Waals surface area contributed by atoms with Gasteiger partial charge >= 0.3 is 0 Å². The Morgan fingerprint density at radius 3 is 2.32 bits per heavy atom. The van der Waals surface area contributed by atoms with Gasteiger partial charge in [-0.15, -0.1) is 0 Å². The van der Waals surface area contributed by atoms with Gasteiger partial charge in [0.05, 0.1) is 0 Å². The maximum atomic E-state index is 13.0. The predicted molar refractivity (Wildman–Crippen MR) is 102 cm³/mol. The zero-order chi connectivity index (χ0) is 17.2. The van der Waals surface area contributed by atoms with Crippen molar-refractivity contribution < 1.29 is 4.79 Å². The molecule has 0 spiro atoms. The van der Waals surface area contributed by atoms with Gasteiger partial charge in [0.1, 0.15) is 0 Å². The van der Waals surface area contributed by atoms with E-state index < -0.39 is 0 Å². The minimum absolute atomic E-state index is 0.187. The highest BCUT2D eigenvalue weighted by Crippen LogP contribution is 2.27. The maximum absolute atomic E-state index is 13.0. The van der Waals surface area contributed by atoms with Crippen LogP contribution in [0.1, 0.15) is 29.5 Å². The van der Waals surface area contributed by atoms with E-state index in [1.165, 1.54) is 22.4 Å². The van der Waals surface area contributed by atoms with E-state index in [-0.39, 0.29) is 5.92 Å². The summed E-state index contributed by atoms with van der Waals surface area (Å²) in [5.74, 6) is 0.546. The number of nitrogens with zero attached hydrogens (tertiary/aromatic N) is 2. The molecule has 0 saturated carbocycles. The summed E-state index contributed by atoms with van der Waals surface area (Å²) in [6, 6.07) is 17.2. The minimum atomic E-state index is 0.187. The van der Waals surface area contributed by atoms with Crippen LogP contribution in [0.5, 0.6) is 0 Å². The van der Waals surface area contributed by atoms with Gasteiger partial charge in [-0.1, -0.05) is 42.0 Å². The van der Waals surface area contributed by atoms with Crippen molar-refractivity contribution >= 4 is 11.6 Å². The molecular formula is C22H26N2O. The van der Waals surface area contributed by atoms with Crippen molar-refractivity contribution in [2.24, 2.45) is 5.92 Å². The molecule has 130 valence electrons. The minimum Gasteiger partial charge on any atom is -0.371 e. The van der Waals surface area contributed by atoms with Crippen LogP contribution in [0.2, 0.25) is 0 Å². The van der Waals surface area contributed by atoms with E-state index >= 15 is 0 Å². The molecule has 0 atom stereocenters. The summed E-state index contributed by atoms with van der Waals surface area (Å²) in [5, 5.41) is 0. The fourth-order valence-corrected chi connectivity index (χ4v) is 4.08. The zero-order valence-corrected chi connectivity index (χ0v) is 14.9. The Hall–Kier alpha value is -2.29. The molecule has 0 aliphatic carbocycles. The molecule has 0 N–H and O–H groups in total. The van der Waals surface area contributed by atoms with Crippen LogP contribution >= 0.6 is 0 Å². The van der Waals surface area contributed by atoms with Crippen molar-refractivity contribution in [3.05, 3.63) is 65.2 Å². The molecule has 1 saturated heterocycles. The molecule has 0 bridgehead atoms. The lowest BCUT2D eigenvalue weighted by Crippen LogP contribution is -2.44. The van der Waals surface area contributed by atoms with E-state index in [1.54, 1.807) is 0 Å². The molecule has 3 nitrogen and oxygen atoms in total. The molecule has 2 aliphatic heterocycles. The highest BCUT2D eigenvalue weighted by molar-refractivity contribution is 5.79. The Kier molecular flexibility index (Phi) is 4.48. The van der Waals surface area contributed by atoms with Gasteiger partial charge in [-0.25, -0.2) is 0 Å². The summed E-state index contributed by atoms with van der Waals surface area (Å²) in [7, 11) is 0. The number of carbonyl (C=O) groups is 1. The smallest absolute Gasteiger partial charge is 0.226 e. The summed E-state index contributed by atoms with van der Waals surface area (Å²) < 4.78 is 0. The molecule has 2 aliphatic rings. The lowest BCUT2D eigenvalue weighted by molar-refractivity contribution is -0.137. The molecule has 1 fully saturated rings. The molecule has 2 heterocycles. The quantitative estimate of drug-likeness (QED) is 0.834. The van der Waals surface area contributed by atoms with Crippen LogP contribution in [0.25, 0.3) is 0 Å². The number of amides is 1. The fraction of sp³-hybridized carbons (Fsp3) is 0.409. The number of rotatable bonds is 2. The summed E-state index contributed by atoms with van der Waals surface area (Å²) in [6.45, 7) is 5.72. The number of fused-ring (bicyclic) bond motifs is 1. The van der Waals surface area contributed by atoms with Gasteiger partial charge in [-0.2, -0.15) is 0 Å². The van der Waals surface area contributed by atoms with Crippen molar-refractivity contribution in [1.82, 2.24) is 4.90 Å². The normalized spacial score (nSPS) is 18.1. The van der Waals surface area contributed by atoms with Crippen molar-refractivity contribution in [2.45, 2.75) is 32.7 Å². The summed E-state index contributed by atoms with van der Waals surface area (Å²) in [4.78, 5) is 17.4. The van der Waals surface area contributed by atoms with Crippen molar-refractivity contribution in [3.63, 3.8) is 0 Å². The molecule has 4 rings (SSSR count). The van der Waals surface area contributed by atoms with Crippen LogP contribution in [0.4, 0.5) is 5.69 Å². The number of piperidine rings is 1. The summed E-state index contributed by atoms with van der Waals surface area (Å²) >= 11 is 0. The zero-order valence-electron chi connectivity index (χ0n) is 14.9. The van der Waals surface area contributed by atoms with Crippen LogP contribution in [0, 0.1) is 12.8 Å². The number of anilines is 1. The average molecular weight is 334 g/mol. The Labute approximate surface area is 150 Å². The second-order valence-electron chi connectivity index (χ2n) is 7.38. The van der Waals surface area contributed by atoms with Gasteiger partial charge < -0.3 is 9.80 Å². The van der Waals surface area contributed by atoms with E-state index in [9.17, 15) is 4.79 Å². The van der Waals surface area contributed by atoms with E-state index in [0.717, 1.165) is 45.4 Å². The third-order valence-corrected chi connectivity index (χ3v) is 5.69. The second kappa shape index (κ2) is 6.91. The fourth-order valence-electron chi connectivity index (χ4n) is 4.08. The van der Waals surface area contributed by atoms with Crippen molar-refractivity contribution in [2.75, 3.05) is 24.5 Å². The van der Waals surface area contributed by atoms with E-state index in [0.29, 0.717) is 5.91 Å². The molecular weight excluding hydrogens is 308 g/mol. The molecule has 2 aromatic carbocycles. The first kappa shape index (κ1) is 16.2. The van der Waals surface area contributed by atoms with Gasteiger partial charge in [0, 0.05) is 37.8 Å². The summed E-state index contributed by atoms with van der Waals surface area (Å²) in [6.07, 6.45) is 2.92. The predicted octanol–water partition coefficient (Wildman–Crippen LogP) is 3.80. The highest BCUT2D eigenvalue weighted by atomic mass is 16.2. The van der Waals surface area contributed by atoms with E-state index in [2.05, 4.69) is 65.3 Å². The lowest BCUT2D eigenvalue weighted by atomic mass is 9.92. The SMILES string of the molecule is Cc1ccc(N2CCC(C(=O)N3CCc4ccccc4C3)CC2)cc1. The van der Waals surface area contributed by atoms with E-state index in [4.69, 9.17) is 0 Å². The molecule has 0 aromatic heterocycles. The van der Waals surface area contributed by atoms with Gasteiger partial charge in [0.15, 0.2) is 0 Å². The van der Waals surface area contributed by atoms with Crippen LogP contribution in [-0.4, -0.2) is 30.4 Å². The highest BCUT2D eigenvalue weighted by Gasteiger charge is 2.30. The first-order chi connectivity index (χ1) is 12.2. The first-order valence-electron chi connectivity index (χ1n) is 9.38. The Balaban J connectivity index is 1.36. The standard InChI is InChI=1S/C22H26N2O/c1-17-6-8-21(9-7-17)23-13-11-19(12-14-23)22(25)24-15-10-18-4-2-3-5-20(18)16-24/h2-9,19H,10-16H2,1H3. The number of aryl methyl sites for hydroxylation is 1. The van der Waals surface area contributed by atoms with Crippen LogP contribution in [0.15, 0.2) is 48.5 Å². The summed E-state index contributed by atoms with van der Waals surface area (Å²) in [5.41, 5.74) is 5.29. The van der Waals surface area contributed by atoms with Crippen LogP contribution in [0.3, 0.4) is 0 Å². The maximum Gasteiger partial charge on any atom is 0.226 e. The monoisotopic (exact) mass is 334 g/mol. The van der Waals surface area contributed by atoms with Crippen molar-refractivity contribution in [3.8, 4) is 0 Å². The Bertz CT molecular complexity index is 745. The van der Waals surface area contributed by atoms with Crippen LogP contribution in [-0.2, 0) is 17.8 Å². The van der Waals surface area contributed by atoms with E-state index in [1.807, 2.05) is 0 Å².